The Balaban J connectivity index is 1.90. The highest BCUT2D eigenvalue weighted by atomic mass is 32.2. The maximum absolute atomic E-state index is 11.5. The van der Waals surface area contributed by atoms with Gasteiger partial charge in [0.25, 0.3) is 0 Å². The fraction of sp³-hybridized carbons (Fsp3) is 0.909. The number of thioether (sulfide) groups is 2. The first-order valence-electron chi connectivity index (χ1n) is 5.61. The van der Waals surface area contributed by atoms with Gasteiger partial charge in [-0.2, -0.15) is 0 Å². The van der Waals surface area contributed by atoms with Gasteiger partial charge in [-0.05, 0) is 36.7 Å². The predicted octanol–water partition coefficient (Wildman–Crippen LogP) is 3.33. The minimum atomic E-state index is 0.513. The molecule has 1 saturated carbocycles. The Bertz CT molecular complexity index is 199. The Hall–Kier alpha value is 0.370. The van der Waals surface area contributed by atoms with Crippen LogP contribution < -0.4 is 0 Å². The van der Waals surface area contributed by atoms with Gasteiger partial charge in [-0.3, -0.25) is 4.79 Å². The van der Waals surface area contributed by atoms with Crippen molar-refractivity contribution in [2.75, 3.05) is 11.5 Å². The Kier molecular flexibility index (Phi) is 4.24. The van der Waals surface area contributed by atoms with E-state index in [1.165, 1.54) is 30.8 Å². The number of hydrogen-bond acceptors (Lipinski definition) is 3. The third-order valence-electron chi connectivity index (χ3n) is 3.01. The van der Waals surface area contributed by atoms with Gasteiger partial charge in [-0.15, -0.1) is 23.5 Å². The molecule has 0 aromatic carbocycles. The molecule has 1 unspecified atom stereocenters. The minimum absolute atomic E-state index is 0.513. The molecule has 1 saturated heterocycles. The van der Waals surface area contributed by atoms with E-state index < -0.39 is 0 Å². The summed E-state index contributed by atoms with van der Waals surface area (Å²) in [7, 11) is 0. The average molecular weight is 230 g/mol. The molecular weight excluding hydrogens is 212 g/mol. The topological polar surface area (TPSA) is 17.1 Å². The second-order valence-electron chi connectivity index (χ2n) is 4.21. The summed E-state index contributed by atoms with van der Waals surface area (Å²) in [6.45, 7) is 0. The van der Waals surface area contributed by atoms with Gasteiger partial charge in [0.2, 0.25) is 0 Å². The first kappa shape index (κ1) is 10.9. The van der Waals surface area contributed by atoms with Crippen molar-refractivity contribution in [2.45, 2.75) is 43.1 Å². The summed E-state index contributed by atoms with van der Waals surface area (Å²) in [5.41, 5.74) is 0. The van der Waals surface area contributed by atoms with E-state index in [-0.39, 0.29) is 0 Å². The predicted molar refractivity (Wildman–Crippen MR) is 64.9 cm³/mol. The standard InChI is InChI=1S/C11H18OS2/c12-10-5-2-1-4-9(8-10)11-13-6-3-7-14-11/h9,11H,1-8H2. The van der Waals surface area contributed by atoms with Crippen molar-refractivity contribution in [1.29, 1.82) is 0 Å². The van der Waals surface area contributed by atoms with E-state index in [1.807, 2.05) is 0 Å². The summed E-state index contributed by atoms with van der Waals surface area (Å²) < 4.78 is 0.728. The van der Waals surface area contributed by atoms with Crippen LogP contribution in [0.5, 0.6) is 0 Å². The quantitative estimate of drug-likeness (QED) is 0.643. The maximum Gasteiger partial charge on any atom is 0.133 e. The second kappa shape index (κ2) is 5.45. The number of Topliss-reactive ketones (excluding diaryl/α,β-unsaturated/α-hetero) is 1. The smallest absolute Gasteiger partial charge is 0.133 e. The van der Waals surface area contributed by atoms with Crippen molar-refractivity contribution in [2.24, 2.45) is 5.92 Å². The third-order valence-corrected chi connectivity index (χ3v) is 6.30. The normalized spacial score (nSPS) is 31.4. The minimum Gasteiger partial charge on any atom is -0.300 e. The Morgan fingerprint density at radius 1 is 1.07 bits per heavy atom. The van der Waals surface area contributed by atoms with Gasteiger partial charge in [0.1, 0.15) is 5.78 Å². The summed E-state index contributed by atoms with van der Waals surface area (Å²) in [5.74, 6) is 3.81. The van der Waals surface area contributed by atoms with Crippen molar-refractivity contribution in [3.63, 3.8) is 0 Å². The molecule has 0 radical (unpaired) electrons. The Labute approximate surface area is 94.8 Å². The van der Waals surface area contributed by atoms with Crippen LogP contribution in [0.4, 0.5) is 0 Å². The van der Waals surface area contributed by atoms with E-state index in [0.717, 1.165) is 23.8 Å². The highest BCUT2D eigenvalue weighted by Gasteiger charge is 2.27. The lowest BCUT2D eigenvalue weighted by atomic mass is 10.0. The van der Waals surface area contributed by atoms with Gasteiger partial charge in [0.15, 0.2) is 0 Å². The van der Waals surface area contributed by atoms with Crippen LogP contribution in [0.2, 0.25) is 0 Å². The molecule has 1 aliphatic carbocycles. The molecule has 2 fully saturated rings. The molecule has 1 heterocycles. The lowest BCUT2D eigenvalue weighted by Gasteiger charge is -2.28. The zero-order chi connectivity index (χ0) is 9.80. The first-order chi connectivity index (χ1) is 6.86. The van der Waals surface area contributed by atoms with E-state index in [0.29, 0.717) is 11.7 Å². The fourth-order valence-corrected chi connectivity index (χ4v) is 5.48. The summed E-state index contributed by atoms with van der Waals surface area (Å²) in [6.07, 6.45) is 6.76. The van der Waals surface area contributed by atoms with E-state index in [9.17, 15) is 4.79 Å². The lowest BCUT2D eigenvalue weighted by molar-refractivity contribution is -0.119. The van der Waals surface area contributed by atoms with Gasteiger partial charge in [-0.25, -0.2) is 0 Å². The maximum atomic E-state index is 11.5. The lowest BCUT2D eigenvalue weighted by Crippen LogP contribution is -2.20. The molecule has 0 aromatic heterocycles. The fourth-order valence-electron chi connectivity index (χ4n) is 2.24. The zero-order valence-corrected chi connectivity index (χ0v) is 10.2. The van der Waals surface area contributed by atoms with Crippen molar-refractivity contribution in [3.8, 4) is 0 Å². The second-order valence-corrected chi connectivity index (χ2v) is 7.01. The van der Waals surface area contributed by atoms with E-state index >= 15 is 0 Å². The van der Waals surface area contributed by atoms with E-state index in [4.69, 9.17) is 0 Å². The van der Waals surface area contributed by atoms with Crippen LogP contribution >= 0.6 is 23.5 Å². The van der Waals surface area contributed by atoms with Crippen molar-refractivity contribution in [3.05, 3.63) is 0 Å². The number of ketones is 1. The molecule has 1 aliphatic heterocycles. The summed E-state index contributed by atoms with van der Waals surface area (Å²) in [6, 6.07) is 0. The van der Waals surface area contributed by atoms with E-state index in [2.05, 4.69) is 23.5 Å². The van der Waals surface area contributed by atoms with Gasteiger partial charge in [0.05, 0.1) is 4.58 Å². The zero-order valence-electron chi connectivity index (χ0n) is 8.54. The molecule has 1 atom stereocenters. The molecule has 0 N–H and O–H groups in total. The molecule has 0 bridgehead atoms. The van der Waals surface area contributed by atoms with Crippen molar-refractivity contribution in [1.82, 2.24) is 0 Å². The molecule has 14 heavy (non-hydrogen) atoms. The molecule has 0 amide bonds. The van der Waals surface area contributed by atoms with Gasteiger partial charge in [-0.1, -0.05) is 6.42 Å². The number of rotatable bonds is 1. The van der Waals surface area contributed by atoms with Crippen LogP contribution in [-0.4, -0.2) is 21.9 Å². The van der Waals surface area contributed by atoms with Crippen LogP contribution in [0, 0.1) is 5.92 Å². The van der Waals surface area contributed by atoms with Crippen LogP contribution in [0.3, 0.4) is 0 Å². The summed E-state index contributed by atoms with van der Waals surface area (Å²) >= 11 is 4.18. The van der Waals surface area contributed by atoms with Crippen LogP contribution in [0.15, 0.2) is 0 Å². The van der Waals surface area contributed by atoms with Crippen molar-refractivity contribution < 1.29 is 4.79 Å². The highest BCUT2D eigenvalue weighted by molar-refractivity contribution is 8.17. The van der Waals surface area contributed by atoms with Crippen LogP contribution in [0.25, 0.3) is 0 Å². The number of carbonyl (C=O) groups excluding carboxylic acids is 1. The highest BCUT2D eigenvalue weighted by Crippen LogP contribution is 2.40. The largest absolute Gasteiger partial charge is 0.300 e. The molecule has 0 aromatic rings. The molecule has 1 nitrogen and oxygen atoms in total. The van der Waals surface area contributed by atoms with Crippen LogP contribution in [0.1, 0.15) is 38.5 Å². The molecule has 3 heteroatoms. The third kappa shape index (κ3) is 2.93. The SMILES string of the molecule is O=C1CCCCC(C2SCCCS2)C1. The Morgan fingerprint density at radius 2 is 1.86 bits per heavy atom. The van der Waals surface area contributed by atoms with Crippen molar-refractivity contribution >= 4 is 29.3 Å². The first-order valence-corrected chi connectivity index (χ1v) is 7.71. The molecular formula is C11H18OS2. The molecule has 2 aliphatic rings. The van der Waals surface area contributed by atoms with E-state index in [1.54, 1.807) is 0 Å². The van der Waals surface area contributed by atoms with Crippen LogP contribution in [-0.2, 0) is 4.79 Å². The summed E-state index contributed by atoms with van der Waals surface area (Å²) in [5, 5.41) is 0. The molecule has 0 spiro atoms. The van der Waals surface area contributed by atoms with Gasteiger partial charge >= 0.3 is 0 Å². The van der Waals surface area contributed by atoms with Gasteiger partial charge < -0.3 is 0 Å². The Morgan fingerprint density at radius 3 is 2.64 bits per heavy atom. The number of carbonyl (C=O) groups is 1. The molecule has 80 valence electrons. The average Bonchev–Trinajstić information content (AvgIpc) is 2.44. The summed E-state index contributed by atoms with van der Waals surface area (Å²) in [4.78, 5) is 11.5. The molecule has 2 rings (SSSR count). The van der Waals surface area contributed by atoms with Gasteiger partial charge in [0, 0.05) is 12.8 Å². The number of hydrogen-bond donors (Lipinski definition) is 0. The monoisotopic (exact) mass is 230 g/mol.